The van der Waals surface area contributed by atoms with E-state index in [0.29, 0.717) is 6.04 Å². The molecular weight excluding hydrogens is 214 g/mol. The third-order valence-corrected chi connectivity index (χ3v) is 3.87. The van der Waals surface area contributed by atoms with E-state index in [9.17, 15) is 0 Å². The summed E-state index contributed by atoms with van der Waals surface area (Å²) in [7, 11) is 0. The summed E-state index contributed by atoms with van der Waals surface area (Å²) >= 11 is 1.87. The predicted octanol–water partition coefficient (Wildman–Crippen LogP) is 4.13. The maximum atomic E-state index is 3.83. The van der Waals surface area contributed by atoms with E-state index in [0.717, 1.165) is 13.0 Å². The van der Waals surface area contributed by atoms with Crippen LogP contribution in [0.5, 0.6) is 0 Å². The van der Waals surface area contributed by atoms with E-state index in [-0.39, 0.29) is 0 Å². The summed E-state index contributed by atoms with van der Waals surface area (Å²) in [5, 5.41) is 4.84. The lowest BCUT2D eigenvalue weighted by Crippen LogP contribution is -2.19. The van der Waals surface area contributed by atoms with E-state index in [2.05, 4.69) is 49.2 Å². The molecule has 0 spiro atoms. The molecule has 1 unspecified atom stereocenters. The van der Waals surface area contributed by atoms with Gasteiger partial charge in [-0.25, -0.2) is 0 Å². The molecule has 0 amide bonds. The Kier molecular flexibility index (Phi) is 3.75. The fourth-order valence-corrected chi connectivity index (χ4v) is 3.04. The fraction of sp³-hybridized carbons (Fsp3) is 0.286. The van der Waals surface area contributed by atoms with Gasteiger partial charge in [0.2, 0.25) is 0 Å². The second kappa shape index (κ2) is 5.28. The standard InChI is InChI=1S/C14H17NS/c1-3-7-12(15-4-2)14-10-11-8-5-6-9-13(11)16-14/h3,5-6,8-10,12,15H,1,4,7H2,2H3. The third kappa shape index (κ3) is 2.34. The summed E-state index contributed by atoms with van der Waals surface area (Å²) in [6.07, 6.45) is 2.97. The average molecular weight is 231 g/mol. The molecule has 1 atom stereocenters. The lowest BCUT2D eigenvalue weighted by Gasteiger charge is -2.13. The summed E-state index contributed by atoms with van der Waals surface area (Å²) < 4.78 is 1.37. The Morgan fingerprint density at radius 2 is 2.25 bits per heavy atom. The van der Waals surface area contributed by atoms with Gasteiger partial charge >= 0.3 is 0 Å². The molecule has 0 saturated carbocycles. The molecule has 1 aromatic heterocycles. The maximum Gasteiger partial charge on any atom is 0.0449 e. The van der Waals surface area contributed by atoms with E-state index in [1.54, 1.807) is 0 Å². The highest BCUT2D eigenvalue weighted by Gasteiger charge is 2.11. The molecule has 0 aliphatic heterocycles. The number of hydrogen-bond donors (Lipinski definition) is 1. The van der Waals surface area contributed by atoms with Crippen molar-refractivity contribution in [2.45, 2.75) is 19.4 Å². The van der Waals surface area contributed by atoms with Crippen molar-refractivity contribution in [3.05, 3.63) is 47.9 Å². The van der Waals surface area contributed by atoms with Crippen LogP contribution in [0.4, 0.5) is 0 Å². The molecule has 2 aromatic rings. The molecule has 2 rings (SSSR count). The molecule has 1 N–H and O–H groups in total. The highest BCUT2D eigenvalue weighted by molar-refractivity contribution is 7.19. The van der Waals surface area contributed by atoms with Crippen LogP contribution >= 0.6 is 11.3 Å². The van der Waals surface area contributed by atoms with Gasteiger partial charge in [0.25, 0.3) is 0 Å². The summed E-state index contributed by atoms with van der Waals surface area (Å²) in [5.74, 6) is 0. The van der Waals surface area contributed by atoms with Crippen LogP contribution in [0.25, 0.3) is 10.1 Å². The van der Waals surface area contributed by atoms with Crippen molar-refractivity contribution in [2.75, 3.05) is 6.54 Å². The van der Waals surface area contributed by atoms with Gasteiger partial charge in [-0.3, -0.25) is 0 Å². The molecule has 0 saturated heterocycles. The number of rotatable bonds is 5. The molecule has 1 heterocycles. The largest absolute Gasteiger partial charge is 0.309 e. The molecule has 1 nitrogen and oxygen atoms in total. The molecular formula is C14H17NS. The first kappa shape index (κ1) is 11.4. The quantitative estimate of drug-likeness (QED) is 0.763. The van der Waals surface area contributed by atoms with Crippen LogP contribution < -0.4 is 5.32 Å². The van der Waals surface area contributed by atoms with Crippen LogP contribution in [0, 0.1) is 0 Å². The molecule has 2 heteroatoms. The Morgan fingerprint density at radius 1 is 1.44 bits per heavy atom. The SMILES string of the molecule is C=CCC(NCC)c1cc2ccccc2s1. The molecule has 0 aliphatic carbocycles. The van der Waals surface area contributed by atoms with Crippen molar-refractivity contribution in [3.63, 3.8) is 0 Å². The molecule has 84 valence electrons. The second-order valence-corrected chi connectivity index (χ2v) is 4.94. The summed E-state index contributed by atoms with van der Waals surface area (Å²) in [6.45, 7) is 6.96. The Hall–Kier alpha value is -1.12. The van der Waals surface area contributed by atoms with E-state index >= 15 is 0 Å². The Bertz CT molecular complexity index is 439. The highest BCUT2D eigenvalue weighted by atomic mass is 32.1. The van der Waals surface area contributed by atoms with E-state index in [4.69, 9.17) is 0 Å². The first-order valence-corrected chi connectivity index (χ1v) is 6.49. The number of nitrogens with one attached hydrogen (secondary N) is 1. The Morgan fingerprint density at radius 3 is 2.94 bits per heavy atom. The van der Waals surface area contributed by atoms with Crippen LogP contribution in [0.3, 0.4) is 0 Å². The van der Waals surface area contributed by atoms with Crippen molar-refractivity contribution in [2.24, 2.45) is 0 Å². The summed E-state index contributed by atoms with van der Waals surface area (Å²) in [4.78, 5) is 1.41. The van der Waals surface area contributed by atoms with Gasteiger partial charge in [0.15, 0.2) is 0 Å². The van der Waals surface area contributed by atoms with Gasteiger partial charge in [0.05, 0.1) is 0 Å². The second-order valence-electron chi connectivity index (χ2n) is 3.82. The van der Waals surface area contributed by atoms with Gasteiger partial charge in [0.1, 0.15) is 0 Å². The Labute approximate surface area is 101 Å². The van der Waals surface area contributed by atoms with Gasteiger partial charge in [-0.05, 0) is 30.5 Å². The normalized spacial score (nSPS) is 12.8. The average Bonchev–Trinajstić information content (AvgIpc) is 2.72. The molecule has 16 heavy (non-hydrogen) atoms. The minimum Gasteiger partial charge on any atom is -0.309 e. The Balaban J connectivity index is 2.32. The van der Waals surface area contributed by atoms with Crippen molar-refractivity contribution >= 4 is 21.4 Å². The number of thiophene rings is 1. The van der Waals surface area contributed by atoms with Gasteiger partial charge in [0, 0.05) is 15.6 Å². The van der Waals surface area contributed by atoms with Gasteiger partial charge in [-0.15, -0.1) is 17.9 Å². The van der Waals surface area contributed by atoms with Crippen molar-refractivity contribution < 1.29 is 0 Å². The third-order valence-electron chi connectivity index (χ3n) is 2.64. The minimum absolute atomic E-state index is 0.417. The number of benzene rings is 1. The van der Waals surface area contributed by atoms with Gasteiger partial charge in [-0.1, -0.05) is 31.2 Å². The topological polar surface area (TPSA) is 12.0 Å². The summed E-state index contributed by atoms with van der Waals surface area (Å²) in [6, 6.07) is 11.2. The minimum atomic E-state index is 0.417. The lowest BCUT2D eigenvalue weighted by molar-refractivity contribution is 0.568. The fourth-order valence-electron chi connectivity index (χ4n) is 1.89. The van der Waals surface area contributed by atoms with Gasteiger partial charge < -0.3 is 5.32 Å². The smallest absolute Gasteiger partial charge is 0.0449 e. The first-order valence-electron chi connectivity index (χ1n) is 5.68. The molecule has 1 aromatic carbocycles. The monoisotopic (exact) mass is 231 g/mol. The molecule has 0 radical (unpaired) electrons. The zero-order chi connectivity index (χ0) is 11.4. The maximum absolute atomic E-state index is 3.83. The highest BCUT2D eigenvalue weighted by Crippen LogP contribution is 2.31. The van der Waals surface area contributed by atoms with Crippen LogP contribution in [0.15, 0.2) is 43.0 Å². The van der Waals surface area contributed by atoms with Crippen LogP contribution in [-0.2, 0) is 0 Å². The summed E-state index contributed by atoms with van der Waals surface area (Å²) in [5.41, 5.74) is 0. The molecule has 0 bridgehead atoms. The predicted molar refractivity (Wildman–Crippen MR) is 73.1 cm³/mol. The van der Waals surface area contributed by atoms with Crippen molar-refractivity contribution in [1.82, 2.24) is 5.32 Å². The molecule has 0 aliphatic rings. The van der Waals surface area contributed by atoms with E-state index < -0.39 is 0 Å². The first-order chi connectivity index (χ1) is 7.85. The number of fused-ring (bicyclic) bond motifs is 1. The van der Waals surface area contributed by atoms with Crippen molar-refractivity contribution in [1.29, 1.82) is 0 Å². The molecule has 0 fully saturated rings. The van der Waals surface area contributed by atoms with Gasteiger partial charge in [-0.2, -0.15) is 0 Å². The zero-order valence-corrected chi connectivity index (χ0v) is 10.4. The van der Waals surface area contributed by atoms with E-state index in [1.165, 1.54) is 15.0 Å². The van der Waals surface area contributed by atoms with Crippen molar-refractivity contribution in [3.8, 4) is 0 Å². The van der Waals surface area contributed by atoms with Crippen LogP contribution in [0.2, 0.25) is 0 Å². The zero-order valence-electron chi connectivity index (χ0n) is 9.57. The van der Waals surface area contributed by atoms with Crippen LogP contribution in [-0.4, -0.2) is 6.54 Å². The number of hydrogen-bond acceptors (Lipinski definition) is 2. The lowest BCUT2D eigenvalue weighted by atomic mass is 10.1. The van der Waals surface area contributed by atoms with Crippen LogP contribution in [0.1, 0.15) is 24.3 Å². The van der Waals surface area contributed by atoms with E-state index in [1.807, 2.05) is 17.4 Å².